The highest BCUT2D eigenvalue weighted by Crippen LogP contribution is 2.58. The van der Waals surface area contributed by atoms with Gasteiger partial charge in [-0.1, -0.05) is 121 Å². The predicted molar refractivity (Wildman–Crippen MR) is 276 cm³/mol. The first-order valence-electron chi connectivity index (χ1n) is 26.1. The number of ether oxygens (including phenoxy) is 4. The van der Waals surface area contributed by atoms with E-state index in [2.05, 4.69) is 72.8 Å². The minimum atomic E-state index is -0.500. The molecule has 72 heavy (non-hydrogen) atoms. The molecule has 0 atom stereocenters. The van der Waals surface area contributed by atoms with Crippen LogP contribution in [0.3, 0.4) is 0 Å². The summed E-state index contributed by atoms with van der Waals surface area (Å²) in [4.78, 5) is 29.0. The number of esters is 2. The van der Waals surface area contributed by atoms with Gasteiger partial charge in [0.2, 0.25) is 0 Å². The highest BCUT2D eigenvalue weighted by molar-refractivity contribution is 5.85. The molecular weight excluding hydrogens is 1030 g/mol. The molecule has 0 aromatic heterocycles. The number of benzene rings is 6. The van der Waals surface area contributed by atoms with Gasteiger partial charge in [0.25, 0.3) is 0 Å². The second-order valence-corrected chi connectivity index (χ2v) is 20.3. The Bertz CT molecular complexity index is 2330. The van der Waals surface area contributed by atoms with Gasteiger partial charge in [-0.25, -0.2) is 0 Å². The summed E-state index contributed by atoms with van der Waals surface area (Å²) in [6, 6.07) is 57.8. The fourth-order valence-electron chi connectivity index (χ4n) is 11.8. The maximum atomic E-state index is 14.5. The van der Waals surface area contributed by atoms with E-state index >= 15 is 0 Å². The van der Waals surface area contributed by atoms with Gasteiger partial charge in [0.05, 0.1) is 64.3 Å². The minimum absolute atomic E-state index is 0. The smallest absolute Gasteiger partial charge is 0.310 e. The van der Waals surface area contributed by atoms with E-state index in [4.69, 9.17) is 18.9 Å². The first kappa shape index (κ1) is 54.5. The molecule has 10 heteroatoms. The molecule has 1 saturated carbocycles. The first-order valence-corrected chi connectivity index (χ1v) is 26.1. The van der Waals surface area contributed by atoms with Crippen LogP contribution in [0.5, 0.6) is 11.5 Å². The van der Waals surface area contributed by atoms with E-state index in [1.54, 1.807) is 0 Å². The van der Waals surface area contributed by atoms with Gasteiger partial charge in [-0.2, -0.15) is 0 Å². The van der Waals surface area contributed by atoms with E-state index < -0.39 is 11.8 Å². The molecule has 6 aromatic rings. The number of likely N-dealkylation sites (tertiary alicyclic amines) is 2. The molecule has 1 aliphatic carbocycles. The second-order valence-electron chi connectivity index (χ2n) is 20.3. The highest BCUT2D eigenvalue weighted by atomic mass is 79.9. The average molecular weight is 1100 g/mol. The van der Waals surface area contributed by atoms with Crippen LogP contribution in [-0.4, -0.2) is 73.4 Å². The van der Waals surface area contributed by atoms with Gasteiger partial charge in [-0.3, -0.25) is 9.59 Å². The van der Waals surface area contributed by atoms with Crippen molar-refractivity contribution in [3.63, 3.8) is 0 Å². The van der Waals surface area contributed by atoms with E-state index in [0.29, 0.717) is 26.4 Å². The maximum Gasteiger partial charge on any atom is 0.310 e. The van der Waals surface area contributed by atoms with Crippen LogP contribution in [-0.2, 0) is 45.4 Å². The lowest BCUT2D eigenvalue weighted by atomic mass is 9.52. The second kappa shape index (κ2) is 27.2. The van der Waals surface area contributed by atoms with E-state index in [0.717, 1.165) is 108 Å². The van der Waals surface area contributed by atoms with Crippen LogP contribution in [0.2, 0.25) is 0 Å². The topological polar surface area (TPSA) is 71.1 Å². The summed E-state index contributed by atoms with van der Waals surface area (Å²) in [6.07, 6.45) is 8.90. The molecule has 0 spiro atoms. The van der Waals surface area contributed by atoms with Crippen molar-refractivity contribution in [1.82, 2.24) is 0 Å². The number of hydrogen-bond acceptors (Lipinski definition) is 6. The molecule has 0 N–H and O–H groups in total. The summed E-state index contributed by atoms with van der Waals surface area (Å²) in [5.74, 6) is -0.382. The van der Waals surface area contributed by atoms with Gasteiger partial charge in [0.1, 0.15) is 37.8 Å². The van der Waals surface area contributed by atoms with Crippen molar-refractivity contribution in [2.75, 3.05) is 52.5 Å². The third-order valence-electron chi connectivity index (χ3n) is 15.4. The quantitative estimate of drug-likeness (QED) is 0.0457. The lowest BCUT2D eigenvalue weighted by Crippen LogP contribution is -3.00. The van der Waals surface area contributed by atoms with E-state index in [9.17, 15) is 9.59 Å². The molecular formula is C62H72Br2N2O6. The molecule has 2 heterocycles. The number of hydrogen-bond donors (Lipinski definition) is 0. The Morgan fingerprint density at radius 3 is 1.08 bits per heavy atom. The normalized spacial score (nSPS) is 19.8. The molecule has 0 bridgehead atoms. The van der Waals surface area contributed by atoms with Crippen molar-refractivity contribution < 1.29 is 71.5 Å². The molecule has 0 unspecified atom stereocenters. The Labute approximate surface area is 449 Å². The average Bonchev–Trinajstić information content (AvgIpc) is 3.40. The Hall–Kier alpha value is -5.26. The van der Waals surface area contributed by atoms with Crippen LogP contribution in [0.15, 0.2) is 170 Å². The van der Waals surface area contributed by atoms with Gasteiger partial charge >= 0.3 is 11.9 Å². The molecule has 2 aliphatic heterocycles. The zero-order valence-electron chi connectivity index (χ0n) is 41.7. The highest BCUT2D eigenvalue weighted by Gasteiger charge is 2.59. The minimum Gasteiger partial charge on any atom is -1.00 e. The van der Waals surface area contributed by atoms with Crippen molar-refractivity contribution in [3.8, 4) is 11.5 Å². The summed E-state index contributed by atoms with van der Waals surface area (Å²) in [6.45, 7) is 10.1. The third kappa shape index (κ3) is 14.5. The van der Waals surface area contributed by atoms with E-state index in [-0.39, 0.29) is 57.7 Å². The molecule has 8 nitrogen and oxygen atoms in total. The van der Waals surface area contributed by atoms with Crippen LogP contribution in [0, 0.1) is 11.8 Å². The van der Waals surface area contributed by atoms with Gasteiger partial charge in [0, 0.05) is 35.8 Å². The summed E-state index contributed by atoms with van der Waals surface area (Å²) in [5.41, 5.74) is 6.86. The van der Waals surface area contributed by atoms with Crippen molar-refractivity contribution in [1.29, 1.82) is 0 Å². The fourth-order valence-corrected chi connectivity index (χ4v) is 11.8. The molecule has 0 radical (unpaired) electrons. The van der Waals surface area contributed by atoms with Gasteiger partial charge < -0.3 is 61.9 Å². The number of rotatable bonds is 22. The number of halogens is 2. The van der Waals surface area contributed by atoms with Gasteiger partial charge in [-0.15, -0.1) is 0 Å². The Morgan fingerprint density at radius 1 is 0.403 bits per heavy atom. The lowest BCUT2D eigenvalue weighted by Gasteiger charge is -2.49. The maximum absolute atomic E-state index is 14.5. The van der Waals surface area contributed by atoms with Crippen molar-refractivity contribution in [3.05, 3.63) is 203 Å². The number of carbonyl (C=O) groups is 2. The van der Waals surface area contributed by atoms with Gasteiger partial charge in [0.15, 0.2) is 0 Å². The third-order valence-corrected chi connectivity index (χ3v) is 15.4. The fraction of sp³-hybridized carbons (Fsp3) is 0.387. The molecule has 3 aliphatic rings. The zero-order chi connectivity index (χ0) is 47.9. The van der Waals surface area contributed by atoms with Crippen LogP contribution in [0.4, 0.5) is 0 Å². The summed E-state index contributed by atoms with van der Waals surface area (Å²) in [7, 11) is 0. The number of nitrogens with zero attached hydrogens (tertiary/aromatic N) is 2. The molecule has 9 rings (SSSR count). The van der Waals surface area contributed by atoms with Gasteiger partial charge in [-0.05, 0) is 109 Å². The number of quaternary nitrogens is 2. The summed E-state index contributed by atoms with van der Waals surface area (Å²) >= 11 is 0. The van der Waals surface area contributed by atoms with Crippen molar-refractivity contribution in [2.24, 2.45) is 11.8 Å². The standard InChI is InChI=1S/C62H72N2O6.2BrH/c65-61(67-43-19-41-63(37-15-5-16-38-63)45-49-29-33-55(34-30-49)69-47-51-21-7-1-8-22-51)59-57(53-25-11-3-12-26-53)60(58(59)54-27-13-4-14-28-54)62(66)68-44-20-42-64(39-17-6-18-40-64)46-50-31-35-56(36-32-50)70-48-52-23-9-2-10-24-52;;/h1-4,7-14,21-36,57-60H,5-6,15-20,37-48H2;2*1H/q+2;;/p-2. The molecule has 3 fully saturated rings. The summed E-state index contributed by atoms with van der Waals surface area (Å²) < 4.78 is 26.7. The molecule has 0 amide bonds. The Morgan fingerprint density at radius 2 is 0.736 bits per heavy atom. The Balaban J connectivity index is 0.00000380. The molecule has 380 valence electrons. The van der Waals surface area contributed by atoms with Crippen LogP contribution < -0.4 is 43.4 Å². The van der Waals surface area contributed by atoms with Crippen LogP contribution in [0.1, 0.15) is 96.6 Å². The number of carbonyl (C=O) groups excluding carboxylic acids is 2. The number of piperidine rings is 2. The van der Waals surface area contributed by atoms with Crippen LogP contribution >= 0.6 is 0 Å². The van der Waals surface area contributed by atoms with E-state index in [1.807, 2.05) is 97.1 Å². The summed E-state index contributed by atoms with van der Waals surface area (Å²) in [5, 5.41) is 0. The predicted octanol–water partition coefficient (Wildman–Crippen LogP) is 6.23. The largest absolute Gasteiger partial charge is 1.00 e. The monoisotopic (exact) mass is 1100 g/mol. The molecule has 2 saturated heterocycles. The van der Waals surface area contributed by atoms with Crippen molar-refractivity contribution >= 4 is 11.9 Å². The van der Waals surface area contributed by atoms with Crippen molar-refractivity contribution in [2.45, 2.75) is 89.5 Å². The Kier molecular flexibility index (Phi) is 20.6. The zero-order valence-corrected chi connectivity index (χ0v) is 44.9. The molecule has 6 aromatic carbocycles. The van der Waals surface area contributed by atoms with Crippen LogP contribution in [0.25, 0.3) is 0 Å². The lowest BCUT2D eigenvalue weighted by molar-refractivity contribution is -0.945. The van der Waals surface area contributed by atoms with E-state index in [1.165, 1.54) is 49.7 Å². The first-order chi connectivity index (χ1) is 34.4. The SMILES string of the molecule is O=C(OCCC[N+]1(Cc2ccc(OCc3ccccc3)cc2)CCCCC1)C1C(c2ccccc2)C(C(=O)OCCC[N+]2(Cc3ccc(OCc4ccccc4)cc3)CCCCC2)C1c1ccccc1.[Br-].[Br-].